The van der Waals surface area contributed by atoms with E-state index in [9.17, 15) is 9.59 Å². The van der Waals surface area contributed by atoms with Gasteiger partial charge in [0.05, 0.1) is 11.4 Å². The van der Waals surface area contributed by atoms with Gasteiger partial charge in [-0.15, -0.1) is 0 Å². The van der Waals surface area contributed by atoms with Crippen LogP contribution in [-0.4, -0.2) is 55.6 Å². The maximum Gasteiger partial charge on any atom is 0.249 e. The molecule has 12 heteroatoms. The number of amides is 2. The molecule has 1 atom stereocenters. The summed E-state index contributed by atoms with van der Waals surface area (Å²) in [5.74, 6) is 0.812. The lowest BCUT2D eigenvalue weighted by Gasteiger charge is -2.33. The molecule has 2 aliphatic heterocycles. The molecule has 5 aromatic rings. The molecular formula is C34H33FN8O3. The number of nitrogen functional groups attached to an aromatic ring is 1. The first-order valence-corrected chi connectivity index (χ1v) is 15.3. The summed E-state index contributed by atoms with van der Waals surface area (Å²) in [7, 11) is 0. The summed E-state index contributed by atoms with van der Waals surface area (Å²) in [6.07, 6.45) is 3.62. The molecule has 0 saturated carbocycles. The summed E-state index contributed by atoms with van der Waals surface area (Å²) in [4.78, 5) is 34.9. The van der Waals surface area contributed by atoms with Crippen LogP contribution in [0, 0.1) is 5.82 Å². The number of rotatable bonds is 8. The van der Waals surface area contributed by atoms with Crippen LogP contribution in [0.1, 0.15) is 37.3 Å². The molecule has 2 amide bonds. The molecular weight excluding hydrogens is 587 g/mol. The van der Waals surface area contributed by atoms with Crippen molar-refractivity contribution >= 4 is 34.4 Å². The fraction of sp³-hybridized carbons (Fsp3) is 0.265. The Morgan fingerprint density at radius 3 is 2.46 bits per heavy atom. The van der Waals surface area contributed by atoms with E-state index in [4.69, 9.17) is 15.6 Å². The van der Waals surface area contributed by atoms with E-state index < -0.39 is 6.04 Å². The molecule has 46 heavy (non-hydrogen) atoms. The number of benzene rings is 3. The van der Waals surface area contributed by atoms with Crippen LogP contribution in [0.5, 0.6) is 11.5 Å². The monoisotopic (exact) mass is 620 g/mol. The maximum absolute atomic E-state index is 15.1. The van der Waals surface area contributed by atoms with Gasteiger partial charge in [-0.2, -0.15) is 5.10 Å². The van der Waals surface area contributed by atoms with Crippen molar-refractivity contribution in [3.63, 3.8) is 0 Å². The number of halogens is 1. The number of para-hydroxylation sites is 1. The van der Waals surface area contributed by atoms with Gasteiger partial charge in [-0.1, -0.05) is 24.3 Å². The number of piperidine rings is 2. The summed E-state index contributed by atoms with van der Waals surface area (Å²) in [5.41, 5.74) is 9.68. The summed E-state index contributed by atoms with van der Waals surface area (Å²) >= 11 is 0. The van der Waals surface area contributed by atoms with Gasteiger partial charge in [-0.3, -0.25) is 19.8 Å². The third kappa shape index (κ3) is 5.98. The quantitative estimate of drug-likeness (QED) is 0.203. The predicted molar refractivity (Wildman–Crippen MR) is 171 cm³/mol. The lowest BCUT2D eigenvalue weighted by Crippen LogP contribution is -2.47. The second kappa shape index (κ2) is 12.6. The van der Waals surface area contributed by atoms with Gasteiger partial charge >= 0.3 is 0 Å². The van der Waals surface area contributed by atoms with Crippen molar-refractivity contribution in [2.75, 3.05) is 24.1 Å². The number of fused-ring (bicyclic) bond motifs is 1. The Hall–Kier alpha value is -5.36. The van der Waals surface area contributed by atoms with E-state index in [1.54, 1.807) is 12.1 Å². The SMILES string of the molecule is Nc1ncnc2c1c(-c1ccc(Oc3ccccc3)cc1)nn2C1CCN(Cc2c(F)cccc2NC2CCC(=O)NC2=O)CC1. The molecule has 3 aromatic carbocycles. The predicted octanol–water partition coefficient (Wildman–Crippen LogP) is 5.06. The average molecular weight is 621 g/mol. The van der Waals surface area contributed by atoms with Gasteiger partial charge in [0, 0.05) is 42.9 Å². The topological polar surface area (TPSA) is 140 Å². The largest absolute Gasteiger partial charge is 0.457 e. The fourth-order valence-electron chi connectivity index (χ4n) is 6.18. The zero-order chi connectivity index (χ0) is 31.6. The van der Waals surface area contributed by atoms with Crippen LogP contribution in [0.2, 0.25) is 0 Å². The number of imide groups is 1. The number of anilines is 2. The van der Waals surface area contributed by atoms with Crippen LogP contribution in [0.4, 0.5) is 15.9 Å². The second-order valence-electron chi connectivity index (χ2n) is 11.6. The molecule has 4 N–H and O–H groups in total. The number of nitrogens with two attached hydrogens (primary N) is 1. The first-order valence-electron chi connectivity index (χ1n) is 15.3. The minimum atomic E-state index is -0.590. The standard InChI is InChI=1S/C34H33FN8O3/c35-26-7-4-8-27(39-28-13-14-29(44)40-34(28)45)25(26)19-42-17-15-22(16-18-42)43-33-30(32(36)37-20-38-33)31(41-43)21-9-11-24(12-10-21)46-23-5-2-1-3-6-23/h1-12,20,22,28,39H,13-19H2,(H2,36,37,38)(H,40,44,45). The second-order valence-corrected chi connectivity index (χ2v) is 11.6. The van der Waals surface area contributed by atoms with Gasteiger partial charge in [0.2, 0.25) is 11.8 Å². The number of likely N-dealkylation sites (tertiary alicyclic amines) is 1. The molecule has 0 aliphatic carbocycles. The number of nitrogens with one attached hydrogen (secondary N) is 2. The van der Waals surface area contributed by atoms with Crippen molar-refractivity contribution in [2.24, 2.45) is 0 Å². The molecule has 0 bridgehead atoms. The van der Waals surface area contributed by atoms with Crippen LogP contribution >= 0.6 is 0 Å². The van der Waals surface area contributed by atoms with Gasteiger partial charge < -0.3 is 15.8 Å². The lowest BCUT2D eigenvalue weighted by molar-refractivity contribution is -0.133. The minimum absolute atomic E-state index is 0.0594. The summed E-state index contributed by atoms with van der Waals surface area (Å²) < 4.78 is 23.0. The average Bonchev–Trinajstić information content (AvgIpc) is 3.46. The third-order valence-corrected chi connectivity index (χ3v) is 8.60. The highest BCUT2D eigenvalue weighted by molar-refractivity contribution is 6.01. The Kier molecular flexibility index (Phi) is 8.02. The van der Waals surface area contributed by atoms with Crippen molar-refractivity contribution in [1.82, 2.24) is 30.0 Å². The molecule has 0 spiro atoms. The minimum Gasteiger partial charge on any atom is -0.457 e. The number of aromatic nitrogens is 4. The van der Waals surface area contributed by atoms with Crippen molar-refractivity contribution < 1.29 is 18.7 Å². The molecule has 11 nitrogen and oxygen atoms in total. The van der Waals surface area contributed by atoms with Crippen molar-refractivity contribution in [1.29, 1.82) is 0 Å². The maximum atomic E-state index is 15.1. The van der Waals surface area contributed by atoms with E-state index in [0.717, 1.165) is 24.2 Å². The van der Waals surface area contributed by atoms with E-state index in [-0.39, 0.29) is 30.1 Å². The number of ether oxygens (including phenoxy) is 1. The van der Waals surface area contributed by atoms with Gasteiger partial charge in [-0.25, -0.2) is 19.0 Å². The van der Waals surface area contributed by atoms with Crippen LogP contribution < -0.4 is 21.1 Å². The highest BCUT2D eigenvalue weighted by Gasteiger charge is 2.29. The Balaban J connectivity index is 1.07. The zero-order valence-corrected chi connectivity index (χ0v) is 25.0. The Labute approximate surface area is 264 Å². The number of carbonyl (C=O) groups excluding carboxylic acids is 2. The number of hydrogen-bond donors (Lipinski definition) is 3. The third-order valence-electron chi connectivity index (χ3n) is 8.60. The van der Waals surface area contributed by atoms with Gasteiger partial charge in [-0.05, 0) is 67.8 Å². The van der Waals surface area contributed by atoms with E-state index in [0.29, 0.717) is 65.6 Å². The Bertz CT molecular complexity index is 1890. The molecule has 0 radical (unpaired) electrons. The Morgan fingerprint density at radius 2 is 1.70 bits per heavy atom. The van der Waals surface area contributed by atoms with Crippen LogP contribution in [-0.2, 0) is 16.1 Å². The first-order chi connectivity index (χ1) is 22.4. The van der Waals surface area contributed by atoms with Crippen molar-refractivity contribution in [3.05, 3.63) is 90.5 Å². The number of carbonyl (C=O) groups is 2. The van der Waals surface area contributed by atoms with E-state index in [1.165, 1.54) is 12.4 Å². The van der Waals surface area contributed by atoms with Gasteiger partial charge in [0.25, 0.3) is 0 Å². The van der Waals surface area contributed by atoms with Gasteiger partial charge in [0.1, 0.15) is 41.2 Å². The lowest BCUT2D eigenvalue weighted by atomic mass is 10.0. The van der Waals surface area contributed by atoms with E-state index >= 15 is 4.39 Å². The highest BCUT2D eigenvalue weighted by Crippen LogP contribution is 2.36. The van der Waals surface area contributed by atoms with Crippen LogP contribution in [0.3, 0.4) is 0 Å². The van der Waals surface area contributed by atoms with Crippen LogP contribution in [0.15, 0.2) is 79.1 Å². The Morgan fingerprint density at radius 1 is 0.935 bits per heavy atom. The van der Waals surface area contributed by atoms with Gasteiger partial charge in [0.15, 0.2) is 5.65 Å². The summed E-state index contributed by atoms with van der Waals surface area (Å²) in [6.45, 7) is 1.80. The number of hydrogen-bond acceptors (Lipinski definition) is 9. The molecule has 2 aromatic heterocycles. The first kappa shape index (κ1) is 29.4. The fourth-order valence-corrected chi connectivity index (χ4v) is 6.18. The molecule has 2 fully saturated rings. The van der Waals surface area contributed by atoms with E-state index in [2.05, 4.69) is 25.5 Å². The molecule has 2 saturated heterocycles. The van der Waals surface area contributed by atoms with Crippen molar-refractivity contribution in [2.45, 2.75) is 44.3 Å². The smallest absolute Gasteiger partial charge is 0.249 e. The molecule has 1 unspecified atom stereocenters. The molecule has 4 heterocycles. The van der Waals surface area contributed by atoms with Crippen molar-refractivity contribution in [3.8, 4) is 22.8 Å². The highest BCUT2D eigenvalue weighted by atomic mass is 19.1. The molecule has 7 rings (SSSR count). The molecule has 234 valence electrons. The van der Waals surface area contributed by atoms with Crippen LogP contribution in [0.25, 0.3) is 22.3 Å². The summed E-state index contributed by atoms with van der Waals surface area (Å²) in [6, 6.07) is 21.6. The van der Waals surface area contributed by atoms with E-state index in [1.807, 2.05) is 59.3 Å². The number of nitrogens with zero attached hydrogens (tertiary/aromatic N) is 5. The normalized spacial score (nSPS) is 17.6. The summed E-state index contributed by atoms with van der Waals surface area (Å²) in [5, 5.41) is 11.2. The molecule has 2 aliphatic rings. The zero-order valence-electron chi connectivity index (χ0n) is 25.0.